The fourth-order valence-corrected chi connectivity index (χ4v) is 3.77. The van der Waals surface area contributed by atoms with E-state index >= 15 is 0 Å². The van der Waals surface area contributed by atoms with Gasteiger partial charge in [0.25, 0.3) is 5.91 Å². The third-order valence-electron chi connectivity index (χ3n) is 5.22. The number of ether oxygens (including phenoxy) is 1. The zero-order chi connectivity index (χ0) is 21.8. The maximum atomic E-state index is 12.9. The Hall–Kier alpha value is -3.35. The van der Waals surface area contributed by atoms with Crippen LogP contribution >= 0.6 is 0 Å². The van der Waals surface area contributed by atoms with E-state index in [0.29, 0.717) is 31.5 Å². The summed E-state index contributed by atoms with van der Waals surface area (Å²) in [5, 5.41) is 12.7. The third kappa shape index (κ3) is 4.79. The number of phenols is 1. The highest BCUT2D eigenvalue weighted by atomic mass is 16.5. The highest BCUT2D eigenvalue weighted by Gasteiger charge is 2.29. The quantitative estimate of drug-likeness (QED) is 0.596. The summed E-state index contributed by atoms with van der Waals surface area (Å²) in [6.45, 7) is 4.80. The Kier molecular flexibility index (Phi) is 6.40. The zero-order valence-electron chi connectivity index (χ0n) is 17.4. The Morgan fingerprint density at radius 3 is 2.43 bits per heavy atom. The van der Waals surface area contributed by atoms with Gasteiger partial charge in [0.15, 0.2) is 0 Å². The van der Waals surface area contributed by atoms with Gasteiger partial charge < -0.3 is 20.1 Å². The van der Waals surface area contributed by atoms with Crippen molar-refractivity contribution in [1.82, 2.24) is 4.90 Å². The molecule has 2 amide bonds. The lowest BCUT2D eigenvalue weighted by molar-refractivity contribution is -0.121. The van der Waals surface area contributed by atoms with E-state index in [1.165, 1.54) is 25.3 Å². The number of carbonyl (C=O) groups is 3. The van der Waals surface area contributed by atoms with Crippen molar-refractivity contribution in [2.75, 3.05) is 25.5 Å². The first-order valence-electron chi connectivity index (χ1n) is 9.88. The summed E-state index contributed by atoms with van der Waals surface area (Å²) in [4.78, 5) is 39.2. The molecule has 30 heavy (non-hydrogen) atoms. The van der Waals surface area contributed by atoms with Crippen molar-refractivity contribution in [2.45, 2.75) is 26.7 Å². The molecule has 0 bridgehead atoms. The lowest BCUT2D eigenvalue weighted by Gasteiger charge is -2.32. The van der Waals surface area contributed by atoms with E-state index in [-0.39, 0.29) is 28.8 Å². The number of nitrogens with one attached hydrogen (secondary N) is 1. The molecule has 1 saturated heterocycles. The fraction of sp³-hybridized carbons (Fsp3) is 0.348. The molecule has 2 aromatic rings. The number of likely N-dealkylation sites (tertiary alicyclic amines) is 1. The SMILES string of the molecule is COC(=O)c1ccc(O)c(NC(=O)[C@H]2CCCN(C(=O)c3cc(C)cc(C)c3)C2)c1. The van der Waals surface area contributed by atoms with Crippen molar-refractivity contribution < 1.29 is 24.2 Å². The summed E-state index contributed by atoms with van der Waals surface area (Å²) in [5.74, 6) is -1.50. The van der Waals surface area contributed by atoms with Crippen molar-refractivity contribution in [1.29, 1.82) is 0 Å². The molecule has 1 heterocycles. The van der Waals surface area contributed by atoms with Gasteiger partial charge in [-0.05, 0) is 57.0 Å². The Bertz CT molecular complexity index is 965. The molecule has 7 nitrogen and oxygen atoms in total. The van der Waals surface area contributed by atoms with Gasteiger partial charge in [-0.1, -0.05) is 17.2 Å². The number of nitrogens with zero attached hydrogens (tertiary/aromatic N) is 1. The van der Waals surface area contributed by atoms with Crippen LogP contribution in [0.3, 0.4) is 0 Å². The predicted octanol–water partition coefficient (Wildman–Crippen LogP) is 3.29. The number of methoxy groups -OCH3 is 1. The minimum Gasteiger partial charge on any atom is -0.506 e. The summed E-state index contributed by atoms with van der Waals surface area (Å²) in [7, 11) is 1.26. The van der Waals surface area contributed by atoms with Crippen molar-refractivity contribution in [2.24, 2.45) is 5.92 Å². The second-order valence-corrected chi connectivity index (χ2v) is 7.68. The van der Waals surface area contributed by atoms with Crippen molar-refractivity contribution in [3.8, 4) is 5.75 Å². The number of phenolic OH excluding ortho intramolecular Hbond substituents is 1. The molecule has 2 aromatic carbocycles. The summed E-state index contributed by atoms with van der Waals surface area (Å²) < 4.78 is 4.67. The molecule has 0 saturated carbocycles. The van der Waals surface area contributed by atoms with E-state index < -0.39 is 11.9 Å². The van der Waals surface area contributed by atoms with Crippen LogP contribution in [0.4, 0.5) is 5.69 Å². The van der Waals surface area contributed by atoms with E-state index in [9.17, 15) is 19.5 Å². The van der Waals surface area contributed by atoms with Crippen LogP contribution in [0.2, 0.25) is 0 Å². The number of carbonyl (C=O) groups excluding carboxylic acids is 3. The van der Waals surface area contributed by atoms with Gasteiger partial charge in [0.2, 0.25) is 5.91 Å². The maximum absolute atomic E-state index is 12.9. The lowest BCUT2D eigenvalue weighted by Crippen LogP contribution is -2.43. The topological polar surface area (TPSA) is 95.9 Å². The smallest absolute Gasteiger partial charge is 0.337 e. The van der Waals surface area contributed by atoms with Crippen LogP contribution in [-0.2, 0) is 9.53 Å². The Labute approximate surface area is 175 Å². The van der Waals surface area contributed by atoms with Crippen LogP contribution in [-0.4, -0.2) is 48.0 Å². The van der Waals surface area contributed by atoms with E-state index in [2.05, 4.69) is 10.1 Å². The first-order valence-corrected chi connectivity index (χ1v) is 9.88. The number of aryl methyl sites for hydroxylation is 2. The van der Waals surface area contributed by atoms with Crippen LogP contribution in [0.5, 0.6) is 5.75 Å². The molecule has 0 aliphatic carbocycles. The second-order valence-electron chi connectivity index (χ2n) is 7.68. The summed E-state index contributed by atoms with van der Waals surface area (Å²) in [6, 6.07) is 9.85. The Morgan fingerprint density at radius 2 is 1.77 bits per heavy atom. The normalized spacial score (nSPS) is 16.1. The summed E-state index contributed by atoms with van der Waals surface area (Å²) >= 11 is 0. The Balaban J connectivity index is 1.71. The first kappa shape index (κ1) is 21.4. The molecule has 1 aliphatic heterocycles. The van der Waals surface area contributed by atoms with Gasteiger partial charge in [-0.15, -0.1) is 0 Å². The molecule has 3 rings (SSSR count). The number of benzene rings is 2. The van der Waals surface area contributed by atoms with E-state index in [1.807, 2.05) is 32.0 Å². The van der Waals surface area contributed by atoms with E-state index in [4.69, 9.17) is 0 Å². The lowest BCUT2D eigenvalue weighted by atomic mass is 9.96. The highest BCUT2D eigenvalue weighted by molar-refractivity contribution is 5.98. The van der Waals surface area contributed by atoms with E-state index in [1.54, 1.807) is 4.90 Å². The molecule has 2 N–H and O–H groups in total. The van der Waals surface area contributed by atoms with Crippen LogP contribution < -0.4 is 5.32 Å². The molecular formula is C23H26N2O5. The number of piperidine rings is 1. The molecule has 7 heteroatoms. The monoisotopic (exact) mass is 410 g/mol. The van der Waals surface area contributed by atoms with Crippen LogP contribution in [0.15, 0.2) is 36.4 Å². The molecule has 0 unspecified atom stereocenters. The number of esters is 1. The first-order chi connectivity index (χ1) is 14.3. The second kappa shape index (κ2) is 8.98. The highest BCUT2D eigenvalue weighted by Crippen LogP contribution is 2.27. The zero-order valence-corrected chi connectivity index (χ0v) is 17.4. The molecule has 1 aliphatic rings. The van der Waals surface area contributed by atoms with Crippen LogP contribution in [0.25, 0.3) is 0 Å². The van der Waals surface area contributed by atoms with Crippen LogP contribution in [0, 0.1) is 19.8 Å². The van der Waals surface area contributed by atoms with Gasteiger partial charge in [0.1, 0.15) is 5.75 Å². The minimum atomic E-state index is -0.562. The number of anilines is 1. The van der Waals surface area contributed by atoms with Crippen molar-refractivity contribution in [3.05, 3.63) is 58.7 Å². The third-order valence-corrected chi connectivity index (χ3v) is 5.22. The Morgan fingerprint density at radius 1 is 1.07 bits per heavy atom. The standard InChI is InChI=1S/C23H26N2O5/c1-14-9-15(2)11-18(10-14)22(28)25-8-4-5-17(13-25)21(27)24-19-12-16(23(29)30-3)6-7-20(19)26/h6-7,9-12,17,26H,4-5,8,13H2,1-3H3,(H,24,27)/t17-/m0/s1. The minimum absolute atomic E-state index is 0.0881. The van der Waals surface area contributed by atoms with Gasteiger partial charge in [0.05, 0.1) is 24.3 Å². The fourth-order valence-electron chi connectivity index (χ4n) is 3.77. The summed E-state index contributed by atoms with van der Waals surface area (Å²) in [5.41, 5.74) is 3.02. The number of aromatic hydroxyl groups is 1. The van der Waals surface area contributed by atoms with Crippen LogP contribution in [0.1, 0.15) is 44.7 Å². The van der Waals surface area contributed by atoms with Crippen molar-refractivity contribution in [3.63, 3.8) is 0 Å². The van der Waals surface area contributed by atoms with E-state index in [0.717, 1.165) is 11.1 Å². The molecule has 0 aromatic heterocycles. The van der Waals surface area contributed by atoms with Gasteiger partial charge >= 0.3 is 5.97 Å². The molecule has 0 radical (unpaired) electrons. The maximum Gasteiger partial charge on any atom is 0.337 e. The molecule has 1 atom stereocenters. The van der Waals surface area contributed by atoms with Crippen molar-refractivity contribution >= 4 is 23.5 Å². The van der Waals surface area contributed by atoms with Gasteiger partial charge in [-0.2, -0.15) is 0 Å². The molecule has 1 fully saturated rings. The largest absolute Gasteiger partial charge is 0.506 e. The summed E-state index contributed by atoms with van der Waals surface area (Å²) in [6.07, 6.45) is 1.35. The van der Waals surface area contributed by atoms with Gasteiger partial charge in [-0.3, -0.25) is 9.59 Å². The van der Waals surface area contributed by atoms with Gasteiger partial charge in [0, 0.05) is 18.7 Å². The van der Waals surface area contributed by atoms with Gasteiger partial charge in [-0.25, -0.2) is 4.79 Å². The number of hydrogen-bond donors (Lipinski definition) is 2. The molecular weight excluding hydrogens is 384 g/mol. The average Bonchev–Trinajstić information content (AvgIpc) is 2.73. The number of hydrogen-bond acceptors (Lipinski definition) is 5. The number of rotatable bonds is 4. The predicted molar refractivity (Wildman–Crippen MR) is 113 cm³/mol. The number of amides is 2. The molecule has 158 valence electrons. The molecule has 0 spiro atoms. The average molecular weight is 410 g/mol.